The Balaban J connectivity index is 2.52. The van der Waals surface area contributed by atoms with Crippen LogP contribution in [0, 0.1) is 0 Å². The molecule has 1 amide bonds. The van der Waals surface area contributed by atoms with E-state index >= 15 is 0 Å². The van der Waals surface area contributed by atoms with Gasteiger partial charge in [-0.05, 0) is 19.4 Å². The van der Waals surface area contributed by atoms with E-state index in [9.17, 15) is 9.90 Å². The molecule has 0 aliphatic heterocycles. The summed E-state index contributed by atoms with van der Waals surface area (Å²) in [5, 5.41) is 13.2. The summed E-state index contributed by atoms with van der Waals surface area (Å²) in [6.45, 7) is 4.32. The molecule has 0 heterocycles. The van der Waals surface area contributed by atoms with E-state index in [0.29, 0.717) is 23.6 Å². The molecule has 0 bridgehead atoms. The Bertz CT molecular complexity index is 411. The second-order valence-corrected chi connectivity index (χ2v) is 4.54. The monoisotopic (exact) mass is 285 g/mol. The first-order chi connectivity index (χ1) is 9.10. The van der Waals surface area contributed by atoms with Crippen molar-refractivity contribution in [1.82, 2.24) is 5.32 Å². The molecule has 106 valence electrons. The highest BCUT2D eigenvalue weighted by Gasteiger charge is 2.18. The summed E-state index contributed by atoms with van der Waals surface area (Å²) in [6, 6.07) is 7.02. The first-order valence-electron chi connectivity index (χ1n) is 6.41. The molecule has 0 saturated heterocycles. The topological polar surface area (TPSA) is 58.6 Å². The van der Waals surface area contributed by atoms with Gasteiger partial charge in [-0.2, -0.15) is 0 Å². The molecule has 1 aromatic rings. The Labute approximate surface area is 118 Å². The summed E-state index contributed by atoms with van der Waals surface area (Å²) in [5.41, 5.74) is 0.605. The van der Waals surface area contributed by atoms with Gasteiger partial charge in [0.25, 0.3) is 0 Å². The summed E-state index contributed by atoms with van der Waals surface area (Å²) in [6.07, 6.45) is -0.692. The van der Waals surface area contributed by atoms with E-state index in [1.165, 1.54) is 0 Å². The van der Waals surface area contributed by atoms with E-state index in [4.69, 9.17) is 16.3 Å². The first-order valence-corrected chi connectivity index (χ1v) is 6.79. The van der Waals surface area contributed by atoms with Gasteiger partial charge in [-0.3, -0.25) is 4.79 Å². The van der Waals surface area contributed by atoms with Crippen molar-refractivity contribution in [3.8, 4) is 0 Å². The zero-order valence-electron chi connectivity index (χ0n) is 11.2. The molecule has 1 aromatic carbocycles. The number of rotatable bonds is 7. The molecule has 0 fully saturated rings. The van der Waals surface area contributed by atoms with Crippen molar-refractivity contribution in [1.29, 1.82) is 0 Å². The van der Waals surface area contributed by atoms with Crippen LogP contribution < -0.4 is 5.32 Å². The maximum atomic E-state index is 11.8. The SMILES string of the molecule is CCOC(CC)C(=O)NCC(O)c1ccccc1Cl. The van der Waals surface area contributed by atoms with E-state index in [1.54, 1.807) is 24.3 Å². The summed E-state index contributed by atoms with van der Waals surface area (Å²) in [4.78, 5) is 11.8. The van der Waals surface area contributed by atoms with Crippen molar-refractivity contribution in [3.05, 3.63) is 34.9 Å². The van der Waals surface area contributed by atoms with Crippen LogP contribution in [0.3, 0.4) is 0 Å². The van der Waals surface area contributed by atoms with Gasteiger partial charge in [0.05, 0.1) is 6.10 Å². The number of aliphatic hydroxyl groups excluding tert-OH is 1. The number of hydrogen-bond acceptors (Lipinski definition) is 3. The fraction of sp³-hybridized carbons (Fsp3) is 0.500. The van der Waals surface area contributed by atoms with Crippen molar-refractivity contribution < 1.29 is 14.6 Å². The van der Waals surface area contributed by atoms with E-state index in [0.717, 1.165) is 0 Å². The maximum Gasteiger partial charge on any atom is 0.249 e. The molecule has 2 N–H and O–H groups in total. The molecule has 0 saturated carbocycles. The van der Waals surface area contributed by atoms with Gasteiger partial charge in [0.2, 0.25) is 5.91 Å². The number of halogens is 1. The smallest absolute Gasteiger partial charge is 0.249 e. The number of ether oxygens (including phenoxy) is 1. The molecule has 2 unspecified atom stereocenters. The minimum atomic E-state index is -0.822. The highest BCUT2D eigenvalue weighted by Crippen LogP contribution is 2.21. The molecule has 1 rings (SSSR count). The van der Waals surface area contributed by atoms with Gasteiger partial charge < -0.3 is 15.2 Å². The highest BCUT2D eigenvalue weighted by molar-refractivity contribution is 6.31. The normalized spacial score (nSPS) is 13.9. The Morgan fingerprint density at radius 3 is 2.68 bits per heavy atom. The van der Waals surface area contributed by atoms with Gasteiger partial charge in [-0.25, -0.2) is 0 Å². The quantitative estimate of drug-likeness (QED) is 0.808. The zero-order valence-corrected chi connectivity index (χ0v) is 12.0. The van der Waals surface area contributed by atoms with Crippen LogP contribution in [-0.2, 0) is 9.53 Å². The summed E-state index contributed by atoms with van der Waals surface area (Å²) in [5.74, 6) is -0.213. The van der Waals surface area contributed by atoms with E-state index in [1.807, 2.05) is 13.8 Å². The van der Waals surface area contributed by atoms with Crippen LogP contribution in [0.25, 0.3) is 0 Å². The number of hydrogen-bond donors (Lipinski definition) is 2. The third-order valence-electron chi connectivity index (χ3n) is 2.76. The second kappa shape index (κ2) is 8.15. The lowest BCUT2D eigenvalue weighted by atomic mass is 10.1. The molecule has 0 aliphatic rings. The molecular weight excluding hydrogens is 266 g/mol. The van der Waals surface area contributed by atoms with Crippen molar-refractivity contribution in [2.45, 2.75) is 32.5 Å². The van der Waals surface area contributed by atoms with Crippen molar-refractivity contribution >= 4 is 17.5 Å². The number of amides is 1. The molecule has 5 heteroatoms. The number of nitrogens with one attached hydrogen (secondary N) is 1. The standard InChI is InChI=1S/C14H20ClNO3/c1-3-13(19-4-2)14(18)16-9-12(17)10-7-5-6-8-11(10)15/h5-8,12-13,17H,3-4,9H2,1-2H3,(H,16,18). The molecule has 0 radical (unpaired) electrons. The lowest BCUT2D eigenvalue weighted by Crippen LogP contribution is -2.38. The molecule has 0 aromatic heterocycles. The number of benzene rings is 1. The van der Waals surface area contributed by atoms with Crippen LogP contribution in [0.2, 0.25) is 5.02 Å². The first kappa shape index (κ1) is 16.0. The predicted octanol–water partition coefficient (Wildman–Crippen LogP) is 2.30. The van der Waals surface area contributed by atoms with Crippen LogP contribution in [0.1, 0.15) is 31.9 Å². The van der Waals surface area contributed by atoms with Gasteiger partial charge in [-0.15, -0.1) is 0 Å². The lowest BCUT2D eigenvalue weighted by Gasteiger charge is -2.17. The maximum absolute atomic E-state index is 11.8. The van der Waals surface area contributed by atoms with Crippen LogP contribution >= 0.6 is 11.6 Å². The molecule has 0 aliphatic carbocycles. The Kier molecular flexibility index (Phi) is 6.84. The summed E-state index contributed by atoms with van der Waals surface area (Å²) >= 11 is 5.98. The Morgan fingerprint density at radius 2 is 2.11 bits per heavy atom. The van der Waals surface area contributed by atoms with E-state index in [-0.39, 0.29) is 12.5 Å². The van der Waals surface area contributed by atoms with Gasteiger partial charge in [0, 0.05) is 23.7 Å². The number of carbonyl (C=O) groups excluding carboxylic acids is 1. The van der Waals surface area contributed by atoms with Gasteiger partial charge in [0.1, 0.15) is 6.10 Å². The Hall–Kier alpha value is -1.10. The van der Waals surface area contributed by atoms with Crippen molar-refractivity contribution in [2.24, 2.45) is 0 Å². The molecule has 2 atom stereocenters. The van der Waals surface area contributed by atoms with Crippen LogP contribution in [-0.4, -0.2) is 30.3 Å². The van der Waals surface area contributed by atoms with Crippen LogP contribution in [0.15, 0.2) is 24.3 Å². The molecule has 4 nitrogen and oxygen atoms in total. The van der Waals surface area contributed by atoms with Gasteiger partial charge >= 0.3 is 0 Å². The lowest BCUT2D eigenvalue weighted by molar-refractivity contribution is -0.133. The Morgan fingerprint density at radius 1 is 1.42 bits per heavy atom. The zero-order chi connectivity index (χ0) is 14.3. The highest BCUT2D eigenvalue weighted by atomic mass is 35.5. The average Bonchev–Trinajstić information content (AvgIpc) is 2.42. The number of carbonyl (C=O) groups is 1. The predicted molar refractivity (Wildman–Crippen MR) is 75.1 cm³/mol. The number of aliphatic hydroxyl groups is 1. The second-order valence-electron chi connectivity index (χ2n) is 4.13. The molecular formula is C14H20ClNO3. The summed E-state index contributed by atoms with van der Waals surface area (Å²) < 4.78 is 5.29. The van der Waals surface area contributed by atoms with Crippen LogP contribution in [0.4, 0.5) is 0 Å². The van der Waals surface area contributed by atoms with Gasteiger partial charge in [0.15, 0.2) is 0 Å². The van der Waals surface area contributed by atoms with Crippen molar-refractivity contribution in [3.63, 3.8) is 0 Å². The fourth-order valence-electron chi connectivity index (χ4n) is 1.75. The third-order valence-corrected chi connectivity index (χ3v) is 3.11. The van der Waals surface area contributed by atoms with Gasteiger partial charge in [-0.1, -0.05) is 36.7 Å². The third kappa shape index (κ3) is 4.82. The minimum Gasteiger partial charge on any atom is -0.387 e. The van der Waals surface area contributed by atoms with E-state index in [2.05, 4.69) is 5.32 Å². The average molecular weight is 286 g/mol. The molecule has 0 spiro atoms. The largest absolute Gasteiger partial charge is 0.387 e. The van der Waals surface area contributed by atoms with E-state index < -0.39 is 12.2 Å². The molecule has 19 heavy (non-hydrogen) atoms. The fourth-order valence-corrected chi connectivity index (χ4v) is 2.01. The summed E-state index contributed by atoms with van der Waals surface area (Å²) in [7, 11) is 0. The van der Waals surface area contributed by atoms with Crippen LogP contribution in [0.5, 0.6) is 0 Å². The van der Waals surface area contributed by atoms with Crippen molar-refractivity contribution in [2.75, 3.05) is 13.2 Å². The minimum absolute atomic E-state index is 0.117.